The first-order chi connectivity index (χ1) is 25.1. The molecule has 0 bridgehead atoms. The molecule has 0 saturated carbocycles. The molecule has 0 heterocycles. The average molecular weight is 918 g/mol. The predicted octanol–water partition coefficient (Wildman–Crippen LogP) is 10.6. The second kappa shape index (κ2) is 58.6. The number of aliphatic hydroxyl groups is 11. The quantitative estimate of drug-likeness (QED) is 0.0585. The highest BCUT2D eigenvalue weighted by Gasteiger charge is 2.20. The zero-order valence-electron chi connectivity index (χ0n) is 40.4. The third-order valence-corrected chi connectivity index (χ3v) is 7.09. The standard InChI is InChI=1S/2C7H16O2.2C7H16O.2C6H14O2.C5H12O.6CH4/c2*1-6(2)4-7(3,9)5-8;1-6(2)5-7(3,4)8;1-6(2)4-7(3)5-8;2*1-5(2)3-6(8)4-7;1-5(2)3-4-6;;;;;;/h2*6,8-9H,4-5H2,1-3H3;6,8H,5H2,1-4H3;6-8H,4-5H2,1-3H3;2*5-8H,3-4H2,1-2H3;5-6H,3-4H2,1-2H3;6*1H4/t;;;7-;6-;;;;;;;;/m...10......../s1. The molecular formula is C51H128O11. The van der Waals surface area contributed by atoms with E-state index in [1.807, 2.05) is 69.2 Å². The van der Waals surface area contributed by atoms with Crippen molar-refractivity contribution >= 4 is 0 Å². The molecule has 0 aliphatic carbocycles. The van der Waals surface area contributed by atoms with Gasteiger partial charge in [0.25, 0.3) is 0 Å². The molecule has 62 heavy (non-hydrogen) atoms. The lowest BCUT2D eigenvalue weighted by Gasteiger charge is -2.21. The van der Waals surface area contributed by atoms with E-state index in [4.69, 9.17) is 40.9 Å². The molecule has 0 aliphatic rings. The van der Waals surface area contributed by atoms with E-state index < -0.39 is 29.0 Å². The van der Waals surface area contributed by atoms with E-state index in [0.717, 1.165) is 25.2 Å². The molecule has 0 amide bonds. The number of rotatable bonds is 19. The highest BCUT2D eigenvalue weighted by atomic mass is 16.3. The van der Waals surface area contributed by atoms with E-state index in [0.29, 0.717) is 80.3 Å². The first-order valence-corrected chi connectivity index (χ1v) is 21.3. The Balaban J connectivity index is -0.0000000405. The fourth-order valence-corrected chi connectivity index (χ4v) is 5.26. The molecule has 0 rings (SSSR count). The van der Waals surface area contributed by atoms with Crippen LogP contribution in [-0.4, -0.2) is 125 Å². The Labute approximate surface area is 392 Å². The first kappa shape index (κ1) is 95.7. The molecule has 0 aliphatic heterocycles. The third-order valence-electron chi connectivity index (χ3n) is 7.09. The molecule has 0 aromatic rings. The second-order valence-electron chi connectivity index (χ2n) is 19.7. The van der Waals surface area contributed by atoms with Crippen LogP contribution < -0.4 is 0 Å². The summed E-state index contributed by atoms with van der Waals surface area (Å²) in [6, 6.07) is 0. The molecule has 398 valence electrons. The minimum absolute atomic E-state index is 0. The molecule has 3 unspecified atom stereocenters. The van der Waals surface area contributed by atoms with Gasteiger partial charge in [-0.05, 0) is 120 Å². The smallest absolute Gasteiger partial charge is 0.0851 e. The molecule has 0 fully saturated rings. The zero-order chi connectivity index (χ0) is 46.5. The van der Waals surface area contributed by atoms with Gasteiger partial charge in [-0.2, -0.15) is 0 Å². The van der Waals surface area contributed by atoms with Gasteiger partial charge in [-0.3, -0.25) is 0 Å². The van der Waals surface area contributed by atoms with E-state index in [-0.39, 0.29) is 71.0 Å². The Morgan fingerprint density at radius 3 is 0.661 bits per heavy atom. The summed E-state index contributed by atoms with van der Waals surface area (Å²) >= 11 is 0. The van der Waals surface area contributed by atoms with Crippen molar-refractivity contribution in [2.75, 3.05) is 39.6 Å². The largest absolute Gasteiger partial charge is 0.396 e. The summed E-state index contributed by atoms with van der Waals surface area (Å²) in [6.45, 7) is 38.1. The summed E-state index contributed by atoms with van der Waals surface area (Å²) in [7, 11) is 0. The summed E-state index contributed by atoms with van der Waals surface area (Å²) in [6.07, 6.45) is 4.61. The van der Waals surface area contributed by atoms with Crippen LogP contribution in [0.4, 0.5) is 0 Å². The fraction of sp³-hybridized carbons (Fsp3) is 1.00. The van der Waals surface area contributed by atoms with Gasteiger partial charge >= 0.3 is 0 Å². The number of aliphatic hydroxyl groups excluding tert-OH is 8. The first-order valence-electron chi connectivity index (χ1n) is 21.3. The Morgan fingerprint density at radius 1 is 0.355 bits per heavy atom. The molecule has 5 atom stereocenters. The van der Waals surface area contributed by atoms with Gasteiger partial charge in [0.15, 0.2) is 0 Å². The monoisotopic (exact) mass is 917 g/mol. The molecule has 0 spiro atoms. The van der Waals surface area contributed by atoms with Gasteiger partial charge in [0.2, 0.25) is 0 Å². The van der Waals surface area contributed by atoms with Crippen molar-refractivity contribution < 1.29 is 56.2 Å². The Bertz CT molecular complexity index is 674. The molecule has 11 N–H and O–H groups in total. The Hall–Kier alpha value is -0.440. The molecule has 11 nitrogen and oxygen atoms in total. The maximum absolute atomic E-state index is 9.24. The van der Waals surface area contributed by atoms with E-state index in [2.05, 4.69) is 48.5 Å². The number of hydrogen-bond donors (Lipinski definition) is 11. The minimum atomic E-state index is -0.881. The van der Waals surface area contributed by atoms with E-state index in [1.165, 1.54) is 0 Å². The lowest BCUT2D eigenvalue weighted by Crippen LogP contribution is -2.30. The van der Waals surface area contributed by atoms with Crippen LogP contribution in [0.2, 0.25) is 0 Å². The minimum Gasteiger partial charge on any atom is -0.396 e. The van der Waals surface area contributed by atoms with Gasteiger partial charge < -0.3 is 56.2 Å². The predicted molar refractivity (Wildman–Crippen MR) is 278 cm³/mol. The topological polar surface area (TPSA) is 223 Å². The van der Waals surface area contributed by atoms with Gasteiger partial charge in [-0.25, -0.2) is 0 Å². The van der Waals surface area contributed by atoms with E-state index >= 15 is 0 Å². The maximum atomic E-state index is 9.24. The Morgan fingerprint density at radius 2 is 0.613 bits per heavy atom. The van der Waals surface area contributed by atoms with Crippen LogP contribution >= 0.6 is 0 Å². The normalized spacial score (nSPS) is 13.5. The van der Waals surface area contributed by atoms with Gasteiger partial charge in [-0.15, -0.1) is 0 Å². The summed E-state index contributed by atoms with van der Waals surface area (Å²) in [5.41, 5.74) is -2.24. The van der Waals surface area contributed by atoms with Crippen molar-refractivity contribution in [1.29, 1.82) is 0 Å². The van der Waals surface area contributed by atoms with Crippen molar-refractivity contribution in [3.05, 3.63) is 0 Å². The van der Waals surface area contributed by atoms with Gasteiger partial charge in [0, 0.05) is 13.2 Å². The van der Waals surface area contributed by atoms with E-state index in [9.17, 15) is 15.3 Å². The van der Waals surface area contributed by atoms with Crippen LogP contribution in [0.5, 0.6) is 0 Å². The van der Waals surface area contributed by atoms with Crippen molar-refractivity contribution in [3.63, 3.8) is 0 Å². The fourth-order valence-electron chi connectivity index (χ4n) is 5.26. The third kappa shape index (κ3) is 118. The lowest BCUT2D eigenvalue weighted by molar-refractivity contribution is -0.0144. The van der Waals surface area contributed by atoms with Crippen LogP contribution in [0.25, 0.3) is 0 Å². The summed E-state index contributed by atoms with van der Waals surface area (Å²) in [4.78, 5) is 0. The SMILES string of the molecule is C.C.C.C.C.C.CC(C)CC(C)(C)O.CC(C)CC(C)(O)CO.CC(C)CC(C)(O)CO.CC(C)CC(O)CO.CC(C)CCO.CC(C)C[C@@H](C)CO.CC(C)C[C@H](O)CO. The van der Waals surface area contributed by atoms with Crippen molar-refractivity contribution in [2.24, 2.45) is 47.3 Å². The van der Waals surface area contributed by atoms with E-state index in [1.54, 1.807) is 13.8 Å². The van der Waals surface area contributed by atoms with Crippen LogP contribution in [0.1, 0.15) is 221 Å². The number of hydrogen-bond acceptors (Lipinski definition) is 11. The average Bonchev–Trinajstić information content (AvgIpc) is 2.99. The molecule has 0 saturated heterocycles. The summed E-state index contributed by atoms with van der Waals surface area (Å²) in [5.74, 6) is 4.26. The van der Waals surface area contributed by atoms with Crippen LogP contribution in [0.3, 0.4) is 0 Å². The lowest BCUT2D eigenvalue weighted by atomic mass is 9.95. The summed E-state index contributed by atoms with van der Waals surface area (Å²) < 4.78 is 0. The maximum Gasteiger partial charge on any atom is 0.0851 e. The van der Waals surface area contributed by atoms with Crippen LogP contribution in [-0.2, 0) is 0 Å². The summed E-state index contributed by atoms with van der Waals surface area (Å²) in [5, 5.41) is 95.9. The molecule has 0 aromatic heterocycles. The molecule has 0 radical (unpaired) electrons. The highest BCUT2D eigenvalue weighted by molar-refractivity contribution is 4.72. The zero-order valence-corrected chi connectivity index (χ0v) is 40.4. The highest BCUT2D eigenvalue weighted by Crippen LogP contribution is 2.16. The van der Waals surface area contributed by atoms with Gasteiger partial charge in [0.1, 0.15) is 0 Å². The second-order valence-corrected chi connectivity index (χ2v) is 19.7. The molecular weight excluding hydrogens is 789 g/mol. The van der Waals surface area contributed by atoms with Crippen molar-refractivity contribution in [2.45, 2.75) is 250 Å². The van der Waals surface area contributed by atoms with Gasteiger partial charge in [0.05, 0.1) is 55.4 Å². The molecule has 11 heteroatoms. The molecule has 0 aromatic carbocycles. The van der Waals surface area contributed by atoms with Crippen molar-refractivity contribution in [3.8, 4) is 0 Å². The Kier molecular flexibility index (Phi) is 90.5. The van der Waals surface area contributed by atoms with Crippen LogP contribution in [0.15, 0.2) is 0 Å². The van der Waals surface area contributed by atoms with Crippen LogP contribution in [0, 0.1) is 47.3 Å². The van der Waals surface area contributed by atoms with Crippen molar-refractivity contribution in [1.82, 2.24) is 0 Å². The van der Waals surface area contributed by atoms with Gasteiger partial charge in [-0.1, -0.05) is 148 Å².